The van der Waals surface area contributed by atoms with Gasteiger partial charge in [-0.3, -0.25) is 0 Å². The van der Waals surface area contributed by atoms with Crippen molar-refractivity contribution in [3.05, 3.63) is 66.1 Å². The fourth-order valence-electron chi connectivity index (χ4n) is 3.61. The first kappa shape index (κ1) is 15.9. The predicted molar refractivity (Wildman–Crippen MR) is 109 cm³/mol. The SMILES string of the molecule is Cc1ccc2c(n1)oc1c(-c3ncnc4cc(C(C)C)ccc34)cccc12. The number of hydrogen-bond donors (Lipinski definition) is 0. The summed E-state index contributed by atoms with van der Waals surface area (Å²) < 4.78 is 6.16. The monoisotopic (exact) mass is 353 g/mol. The molecule has 0 aliphatic heterocycles. The van der Waals surface area contributed by atoms with Gasteiger partial charge in [-0.2, -0.15) is 0 Å². The highest BCUT2D eigenvalue weighted by Crippen LogP contribution is 2.36. The van der Waals surface area contributed by atoms with E-state index >= 15 is 0 Å². The Labute approximate surface area is 156 Å². The normalized spacial score (nSPS) is 11.9. The van der Waals surface area contributed by atoms with Crippen LogP contribution in [-0.2, 0) is 0 Å². The van der Waals surface area contributed by atoms with Gasteiger partial charge in [-0.25, -0.2) is 15.0 Å². The Morgan fingerprint density at radius 3 is 2.59 bits per heavy atom. The van der Waals surface area contributed by atoms with Crippen molar-refractivity contribution in [2.45, 2.75) is 26.7 Å². The van der Waals surface area contributed by atoms with E-state index < -0.39 is 0 Å². The Balaban J connectivity index is 1.82. The summed E-state index contributed by atoms with van der Waals surface area (Å²) >= 11 is 0. The molecule has 0 N–H and O–H groups in total. The average molecular weight is 353 g/mol. The summed E-state index contributed by atoms with van der Waals surface area (Å²) in [5.41, 5.74) is 6.50. The molecule has 0 spiro atoms. The molecule has 0 aliphatic carbocycles. The Hall–Kier alpha value is -3.27. The van der Waals surface area contributed by atoms with Gasteiger partial charge in [0.1, 0.15) is 11.9 Å². The molecule has 27 heavy (non-hydrogen) atoms. The van der Waals surface area contributed by atoms with Crippen LogP contribution in [0.1, 0.15) is 31.0 Å². The van der Waals surface area contributed by atoms with Gasteiger partial charge in [0.05, 0.1) is 11.2 Å². The number of pyridine rings is 1. The lowest BCUT2D eigenvalue weighted by Crippen LogP contribution is -1.92. The Morgan fingerprint density at radius 1 is 0.889 bits per heavy atom. The molecule has 5 rings (SSSR count). The standard InChI is InChI=1S/C23H19N3O/c1-13(2)15-8-10-18-20(11-15)24-12-25-21(18)19-6-4-5-16-17-9-7-14(3)26-23(17)27-22(16)19/h4-13H,1-3H3. The fraction of sp³-hybridized carbons (Fsp3) is 0.174. The van der Waals surface area contributed by atoms with E-state index in [-0.39, 0.29) is 0 Å². The topological polar surface area (TPSA) is 51.8 Å². The molecule has 0 atom stereocenters. The van der Waals surface area contributed by atoms with Crippen molar-refractivity contribution >= 4 is 33.0 Å². The first-order chi connectivity index (χ1) is 13.1. The zero-order chi connectivity index (χ0) is 18.5. The largest absolute Gasteiger partial charge is 0.437 e. The Bertz CT molecular complexity index is 1320. The van der Waals surface area contributed by atoms with Crippen LogP contribution in [0.15, 0.2) is 59.3 Å². The Morgan fingerprint density at radius 2 is 1.74 bits per heavy atom. The van der Waals surface area contributed by atoms with Crippen molar-refractivity contribution in [3.8, 4) is 11.3 Å². The number of aryl methyl sites for hydroxylation is 1. The van der Waals surface area contributed by atoms with Gasteiger partial charge in [0, 0.05) is 27.4 Å². The van der Waals surface area contributed by atoms with Crippen LogP contribution in [0, 0.1) is 6.92 Å². The number of furan rings is 1. The van der Waals surface area contributed by atoms with E-state index in [1.54, 1.807) is 6.33 Å². The molecule has 4 heteroatoms. The van der Waals surface area contributed by atoms with E-state index in [1.165, 1.54) is 5.56 Å². The van der Waals surface area contributed by atoms with Crippen molar-refractivity contribution in [1.82, 2.24) is 15.0 Å². The van der Waals surface area contributed by atoms with Gasteiger partial charge in [-0.1, -0.05) is 38.1 Å². The van der Waals surface area contributed by atoms with Crippen LogP contribution in [0.4, 0.5) is 0 Å². The zero-order valence-electron chi connectivity index (χ0n) is 15.5. The Kier molecular flexibility index (Phi) is 3.47. The highest BCUT2D eigenvalue weighted by Gasteiger charge is 2.16. The van der Waals surface area contributed by atoms with E-state index in [4.69, 9.17) is 4.42 Å². The van der Waals surface area contributed by atoms with Crippen LogP contribution in [0.5, 0.6) is 0 Å². The molecule has 2 aromatic carbocycles. The number of benzene rings is 2. The number of aromatic nitrogens is 3. The smallest absolute Gasteiger partial charge is 0.227 e. The molecule has 0 saturated heterocycles. The van der Waals surface area contributed by atoms with Crippen molar-refractivity contribution < 1.29 is 4.42 Å². The second kappa shape index (κ2) is 5.88. The van der Waals surface area contributed by atoms with E-state index in [1.807, 2.05) is 19.1 Å². The summed E-state index contributed by atoms with van der Waals surface area (Å²) in [4.78, 5) is 13.6. The van der Waals surface area contributed by atoms with Gasteiger partial charge in [0.2, 0.25) is 5.71 Å². The lowest BCUT2D eigenvalue weighted by atomic mass is 9.99. The number of nitrogens with zero attached hydrogens (tertiary/aromatic N) is 3. The minimum Gasteiger partial charge on any atom is -0.437 e. The van der Waals surface area contributed by atoms with E-state index in [0.29, 0.717) is 11.6 Å². The predicted octanol–water partition coefficient (Wildman–Crippen LogP) is 6.02. The highest BCUT2D eigenvalue weighted by atomic mass is 16.3. The molecule has 0 amide bonds. The van der Waals surface area contributed by atoms with E-state index in [0.717, 1.165) is 44.2 Å². The summed E-state index contributed by atoms with van der Waals surface area (Å²) in [5, 5.41) is 3.11. The first-order valence-electron chi connectivity index (χ1n) is 9.16. The van der Waals surface area contributed by atoms with Gasteiger partial charge in [0.25, 0.3) is 0 Å². The van der Waals surface area contributed by atoms with Gasteiger partial charge in [0.15, 0.2) is 0 Å². The first-order valence-corrected chi connectivity index (χ1v) is 9.16. The average Bonchev–Trinajstić information content (AvgIpc) is 3.04. The molecule has 0 unspecified atom stereocenters. The van der Waals surface area contributed by atoms with Crippen molar-refractivity contribution in [2.24, 2.45) is 0 Å². The van der Waals surface area contributed by atoms with Crippen molar-refractivity contribution in [3.63, 3.8) is 0 Å². The third-order valence-electron chi connectivity index (χ3n) is 5.09. The maximum atomic E-state index is 6.16. The zero-order valence-corrected chi connectivity index (χ0v) is 15.5. The molecule has 5 aromatic rings. The molecule has 0 aliphatic rings. The second-order valence-electron chi connectivity index (χ2n) is 7.24. The van der Waals surface area contributed by atoms with Crippen LogP contribution in [0.25, 0.3) is 44.2 Å². The van der Waals surface area contributed by atoms with E-state index in [2.05, 4.69) is 65.2 Å². The molecule has 0 saturated carbocycles. The summed E-state index contributed by atoms with van der Waals surface area (Å²) in [6.07, 6.45) is 1.63. The molecule has 3 heterocycles. The molecule has 0 fully saturated rings. The van der Waals surface area contributed by atoms with Gasteiger partial charge < -0.3 is 4.42 Å². The van der Waals surface area contributed by atoms with Crippen LogP contribution in [-0.4, -0.2) is 15.0 Å². The summed E-state index contributed by atoms with van der Waals surface area (Å²) in [5.74, 6) is 0.459. The summed E-state index contributed by atoms with van der Waals surface area (Å²) in [6, 6.07) is 16.7. The molecule has 0 radical (unpaired) electrons. The third-order valence-corrected chi connectivity index (χ3v) is 5.09. The van der Waals surface area contributed by atoms with Crippen LogP contribution >= 0.6 is 0 Å². The van der Waals surface area contributed by atoms with E-state index in [9.17, 15) is 0 Å². The maximum absolute atomic E-state index is 6.16. The van der Waals surface area contributed by atoms with Gasteiger partial charge >= 0.3 is 0 Å². The quantitative estimate of drug-likeness (QED) is 0.389. The van der Waals surface area contributed by atoms with Crippen molar-refractivity contribution in [1.29, 1.82) is 0 Å². The minimum absolute atomic E-state index is 0.459. The lowest BCUT2D eigenvalue weighted by Gasteiger charge is -2.09. The maximum Gasteiger partial charge on any atom is 0.227 e. The lowest BCUT2D eigenvalue weighted by molar-refractivity contribution is 0.653. The minimum atomic E-state index is 0.459. The molecule has 0 bridgehead atoms. The summed E-state index contributed by atoms with van der Waals surface area (Å²) in [7, 11) is 0. The van der Waals surface area contributed by atoms with Crippen LogP contribution in [0.3, 0.4) is 0 Å². The molecular formula is C23H19N3O. The number of hydrogen-bond acceptors (Lipinski definition) is 4. The third kappa shape index (κ3) is 2.48. The molecular weight excluding hydrogens is 334 g/mol. The van der Waals surface area contributed by atoms with Gasteiger partial charge in [-0.05, 0) is 42.7 Å². The number of rotatable bonds is 2. The second-order valence-corrected chi connectivity index (χ2v) is 7.24. The summed E-state index contributed by atoms with van der Waals surface area (Å²) in [6.45, 7) is 6.35. The fourth-order valence-corrected chi connectivity index (χ4v) is 3.61. The molecule has 3 aromatic heterocycles. The highest BCUT2D eigenvalue weighted by molar-refractivity contribution is 6.10. The number of fused-ring (bicyclic) bond motifs is 4. The molecule has 4 nitrogen and oxygen atoms in total. The van der Waals surface area contributed by atoms with Gasteiger partial charge in [-0.15, -0.1) is 0 Å². The number of para-hydroxylation sites is 1. The van der Waals surface area contributed by atoms with Crippen LogP contribution < -0.4 is 0 Å². The molecule has 132 valence electrons. The van der Waals surface area contributed by atoms with Crippen LogP contribution in [0.2, 0.25) is 0 Å². The van der Waals surface area contributed by atoms with Crippen molar-refractivity contribution in [2.75, 3.05) is 0 Å².